The third-order valence-corrected chi connectivity index (χ3v) is 8.23. The van der Waals surface area contributed by atoms with Gasteiger partial charge < -0.3 is 24.1 Å². The van der Waals surface area contributed by atoms with Crippen LogP contribution in [-0.2, 0) is 14.9 Å². The van der Waals surface area contributed by atoms with Crippen molar-refractivity contribution in [2.45, 2.75) is 57.2 Å². The minimum Gasteiger partial charge on any atom is -0.495 e. The molecule has 1 N–H and O–H groups in total. The van der Waals surface area contributed by atoms with Crippen molar-refractivity contribution in [2.24, 2.45) is 17.8 Å². The number of methoxy groups -OCH3 is 2. The van der Waals surface area contributed by atoms with Gasteiger partial charge in [0.2, 0.25) is 0 Å². The number of carboxylic acid groups (broad SMARTS) is 1. The molecule has 6 rings (SSSR count). The van der Waals surface area contributed by atoms with Gasteiger partial charge in [-0.25, -0.2) is 4.79 Å². The molecule has 4 aliphatic carbocycles. The summed E-state index contributed by atoms with van der Waals surface area (Å²) in [5.41, 5.74) is 3.11. The fourth-order valence-corrected chi connectivity index (χ4v) is 6.90. The Kier molecular flexibility index (Phi) is 6.96. The quantitative estimate of drug-likeness (QED) is 0.383. The predicted molar refractivity (Wildman–Crippen MR) is 135 cm³/mol. The minimum absolute atomic E-state index is 0.0957. The number of carboxylic acids is 1. The SMILES string of the molecule is COc1cc(OCOC(C)OC)c(C23CC4CC(CC(C4)C2)C3)cc1C#Cc1ccc(C(=O)O)cc1. The number of rotatable bonds is 8. The molecule has 0 aliphatic heterocycles. The highest BCUT2D eigenvalue weighted by Crippen LogP contribution is 2.62. The summed E-state index contributed by atoms with van der Waals surface area (Å²) in [6.07, 6.45) is 7.31. The molecular formula is C30H34O6. The second kappa shape index (κ2) is 10.2. The fourth-order valence-electron chi connectivity index (χ4n) is 6.90. The highest BCUT2D eigenvalue weighted by Gasteiger charge is 2.52. The Bertz CT molecular complexity index is 1140. The standard InChI is InChI=1S/C30H34O6/c1-19(33-2)35-18-36-28-14-27(34-3)25(9-6-20-4-7-24(8-5-20)29(31)32)13-26(28)30-15-21-10-22(16-30)12-23(11-21)17-30/h4-5,7-8,13-14,19,21-23H,10-12,15-18H2,1-3H3,(H,31,32). The van der Waals surface area contributed by atoms with Crippen molar-refractivity contribution in [1.82, 2.24) is 0 Å². The third kappa shape index (κ3) is 4.96. The van der Waals surface area contributed by atoms with Crippen molar-refractivity contribution < 1.29 is 28.8 Å². The highest BCUT2D eigenvalue weighted by atomic mass is 16.7. The van der Waals surface area contributed by atoms with Crippen LogP contribution in [0.15, 0.2) is 36.4 Å². The summed E-state index contributed by atoms with van der Waals surface area (Å²) in [7, 11) is 3.25. The Hall–Kier alpha value is -3.01. The molecule has 0 amide bonds. The molecule has 2 aromatic rings. The van der Waals surface area contributed by atoms with E-state index in [2.05, 4.69) is 17.9 Å². The van der Waals surface area contributed by atoms with Crippen molar-refractivity contribution in [1.29, 1.82) is 0 Å². The number of hydrogen-bond donors (Lipinski definition) is 1. The van der Waals surface area contributed by atoms with Gasteiger partial charge in [0, 0.05) is 24.3 Å². The predicted octanol–water partition coefficient (Wildman–Crippen LogP) is 5.61. The first-order chi connectivity index (χ1) is 17.4. The van der Waals surface area contributed by atoms with Crippen LogP contribution in [0.5, 0.6) is 11.5 Å². The molecule has 4 fully saturated rings. The van der Waals surface area contributed by atoms with E-state index in [1.54, 1.807) is 38.5 Å². The molecule has 6 nitrogen and oxygen atoms in total. The van der Waals surface area contributed by atoms with E-state index < -0.39 is 5.97 Å². The van der Waals surface area contributed by atoms with Crippen LogP contribution in [0.1, 0.15) is 72.5 Å². The molecule has 36 heavy (non-hydrogen) atoms. The second-order valence-corrected chi connectivity index (χ2v) is 10.6. The monoisotopic (exact) mass is 490 g/mol. The van der Waals surface area contributed by atoms with Gasteiger partial charge in [-0.15, -0.1) is 0 Å². The number of hydrogen-bond acceptors (Lipinski definition) is 5. The fraction of sp³-hybridized carbons (Fsp3) is 0.500. The molecule has 4 aliphatic rings. The van der Waals surface area contributed by atoms with Crippen LogP contribution in [0.2, 0.25) is 0 Å². The zero-order valence-corrected chi connectivity index (χ0v) is 21.2. The molecule has 1 atom stereocenters. The normalized spacial score (nSPS) is 26.7. The number of benzene rings is 2. The molecule has 4 saturated carbocycles. The van der Waals surface area contributed by atoms with Gasteiger partial charge in [-0.3, -0.25) is 0 Å². The van der Waals surface area contributed by atoms with Crippen molar-refractivity contribution in [3.8, 4) is 23.3 Å². The first kappa shape index (κ1) is 24.7. The lowest BCUT2D eigenvalue weighted by atomic mass is 9.48. The Morgan fingerprint density at radius 3 is 2.19 bits per heavy atom. The zero-order valence-electron chi connectivity index (χ0n) is 21.2. The van der Waals surface area contributed by atoms with Crippen LogP contribution in [0.3, 0.4) is 0 Å². The molecule has 6 heteroatoms. The maximum absolute atomic E-state index is 11.2. The average Bonchev–Trinajstić information content (AvgIpc) is 2.86. The Morgan fingerprint density at radius 2 is 1.64 bits per heavy atom. The molecule has 0 heterocycles. The molecular weight excluding hydrogens is 456 g/mol. The van der Waals surface area contributed by atoms with E-state index in [4.69, 9.17) is 24.1 Å². The first-order valence-corrected chi connectivity index (χ1v) is 12.7. The van der Waals surface area contributed by atoms with Gasteiger partial charge >= 0.3 is 5.97 Å². The summed E-state index contributed by atoms with van der Waals surface area (Å²) in [6.45, 7) is 1.93. The summed E-state index contributed by atoms with van der Waals surface area (Å²) < 4.78 is 22.8. The van der Waals surface area contributed by atoms with Gasteiger partial charge in [0.15, 0.2) is 13.1 Å². The van der Waals surface area contributed by atoms with Gasteiger partial charge in [0.05, 0.1) is 18.2 Å². The topological polar surface area (TPSA) is 74.2 Å². The maximum Gasteiger partial charge on any atom is 0.335 e. The lowest BCUT2D eigenvalue weighted by Crippen LogP contribution is -2.48. The van der Waals surface area contributed by atoms with Crippen molar-refractivity contribution in [3.63, 3.8) is 0 Å². The van der Waals surface area contributed by atoms with E-state index in [0.29, 0.717) is 5.75 Å². The molecule has 1 unspecified atom stereocenters. The lowest BCUT2D eigenvalue weighted by Gasteiger charge is -2.57. The first-order valence-electron chi connectivity index (χ1n) is 12.7. The summed E-state index contributed by atoms with van der Waals surface area (Å²) in [4.78, 5) is 11.2. The third-order valence-electron chi connectivity index (χ3n) is 8.23. The van der Waals surface area contributed by atoms with E-state index in [1.807, 2.05) is 13.0 Å². The van der Waals surface area contributed by atoms with Crippen LogP contribution >= 0.6 is 0 Å². The smallest absolute Gasteiger partial charge is 0.335 e. The van der Waals surface area contributed by atoms with Gasteiger partial charge in [-0.2, -0.15) is 0 Å². The van der Waals surface area contributed by atoms with Gasteiger partial charge in [-0.05, 0) is 98.9 Å². The van der Waals surface area contributed by atoms with E-state index in [0.717, 1.165) is 34.6 Å². The van der Waals surface area contributed by atoms with Crippen LogP contribution in [0.25, 0.3) is 0 Å². The molecule has 2 aromatic carbocycles. The number of carbonyl (C=O) groups is 1. The van der Waals surface area contributed by atoms with E-state index in [1.165, 1.54) is 44.1 Å². The van der Waals surface area contributed by atoms with Crippen LogP contribution in [-0.4, -0.2) is 38.4 Å². The Morgan fingerprint density at radius 1 is 1.00 bits per heavy atom. The Balaban J connectivity index is 1.51. The summed E-state index contributed by atoms with van der Waals surface area (Å²) in [6, 6.07) is 10.7. The average molecular weight is 491 g/mol. The molecule has 190 valence electrons. The van der Waals surface area contributed by atoms with Gasteiger partial charge in [0.1, 0.15) is 11.5 Å². The van der Waals surface area contributed by atoms with Crippen LogP contribution in [0, 0.1) is 29.6 Å². The van der Waals surface area contributed by atoms with Crippen molar-refractivity contribution in [2.75, 3.05) is 21.0 Å². The maximum atomic E-state index is 11.2. The molecule has 4 bridgehead atoms. The van der Waals surface area contributed by atoms with Crippen molar-refractivity contribution in [3.05, 3.63) is 58.7 Å². The second-order valence-electron chi connectivity index (χ2n) is 10.6. The molecule has 0 aromatic heterocycles. The van der Waals surface area contributed by atoms with Crippen LogP contribution in [0.4, 0.5) is 0 Å². The lowest BCUT2D eigenvalue weighted by molar-refractivity contribution is -0.150. The van der Waals surface area contributed by atoms with Gasteiger partial charge in [-0.1, -0.05) is 11.8 Å². The molecule has 0 spiro atoms. The van der Waals surface area contributed by atoms with Crippen molar-refractivity contribution >= 4 is 5.97 Å². The van der Waals surface area contributed by atoms with E-state index in [9.17, 15) is 4.79 Å². The minimum atomic E-state index is -0.948. The summed E-state index contributed by atoms with van der Waals surface area (Å²) >= 11 is 0. The Labute approximate surface area is 212 Å². The van der Waals surface area contributed by atoms with E-state index >= 15 is 0 Å². The molecule has 0 radical (unpaired) electrons. The largest absolute Gasteiger partial charge is 0.495 e. The number of aromatic carboxylic acids is 1. The highest BCUT2D eigenvalue weighted by molar-refractivity contribution is 5.87. The van der Waals surface area contributed by atoms with Gasteiger partial charge in [0.25, 0.3) is 0 Å². The van der Waals surface area contributed by atoms with E-state index in [-0.39, 0.29) is 24.1 Å². The van der Waals surface area contributed by atoms with Crippen LogP contribution < -0.4 is 9.47 Å². The summed E-state index contributed by atoms with van der Waals surface area (Å²) in [5.74, 6) is 9.33. The number of ether oxygens (including phenoxy) is 4. The zero-order chi connectivity index (χ0) is 25.3. The summed E-state index contributed by atoms with van der Waals surface area (Å²) in [5, 5.41) is 9.15. The molecule has 0 saturated heterocycles.